The van der Waals surface area contributed by atoms with Gasteiger partial charge in [0.05, 0.1) is 0 Å². The average molecular weight is 692 g/mol. The molecule has 10 rings (SSSR count). The SMILES string of the molecule is C1=C(c2ccc3c(c2)oc2cc(-c4ccccc4)c4ccccc4c23)CCC(N(c2ccccc2)c2cc(-c3ccccc3)cc(-c3ccccc3)c2)=C1. The van der Waals surface area contributed by atoms with Gasteiger partial charge in [-0.05, 0) is 123 Å². The van der Waals surface area contributed by atoms with Gasteiger partial charge in [0.2, 0.25) is 0 Å². The Kier molecular flexibility index (Phi) is 8.00. The highest BCUT2D eigenvalue weighted by molar-refractivity contribution is 6.22. The van der Waals surface area contributed by atoms with Crippen LogP contribution < -0.4 is 4.90 Å². The van der Waals surface area contributed by atoms with Crippen molar-refractivity contribution in [3.8, 4) is 33.4 Å². The van der Waals surface area contributed by atoms with Gasteiger partial charge in [-0.1, -0.05) is 146 Å². The van der Waals surface area contributed by atoms with E-state index < -0.39 is 0 Å². The van der Waals surface area contributed by atoms with Gasteiger partial charge in [-0.15, -0.1) is 0 Å². The summed E-state index contributed by atoms with van der Waals surface area (Å²) in [4.78, 5) is 2.43. The lowest BCUT2D eigenvalue weighted by molar-refractivity contribution is 0.669. The third-order valence-corrected chi connectivity index (χ3v) is 10.8. The average Bonchev–Trinajstić information content (AvgIpc) is 3.63. The molecule has 0 aliphatic heterocycles. The molecule has 0 atom stereocenters. The summed E-state index contributed by atoms with van der Waals surface area (Å²) in [5.74, 6) is 0. The standard InChI is InChI=1S/C52H37NO/c1-5-15-36(16-6-1)41-31-42(37-17-7-2-8-18-37)33-45(32-41)53(43-21-11-4-12-22-43)44-28-25-38(26-29-44)40-27-30-48-50(34-40)54-51-35-49(39-19-9-3-10-20-39)46-23-13-14-24-47(46)52(48)51/h1-25,27-28,30-35H,26,29H2. The molecule has 0 unspecified atom stereocenters. The Morgan fingerprint density at radius 2 is 0.963 bits per heavy atom. The van der Waals surface area contributed by atoms with Crippen molar-refractivity contribution in [2.45, 2.75) is 12.8 Å². The van der Waals surface area contributed by atoms with Crippen LogP contribution in [0, 0.1) is 0 Å². The number of furan rings is 1. The van der Waals surface area contributed by atoms with Crippen LogP contribution in [-0.2, 0) is 0 Å². The van der Waals surface area contributed by atoms with Crippen molar-refractivity contribution in [1.29, 1.82) is 0 Å². The van der Waals surface area contributed by atoms with E-state index in [0.717, 1.165) is 40.8 Å². The smallest absolute Gasteiger partial charge is 0.136 e. The molecule has 0 saturated heterocycles. The molecule has 0 fully saturated rings. The number of fused-ring (bicyclic) bond motifs is 5. The summed E-state index contributed by atoms with van der Waals surface area (Å²) in [5.41, 5.74) is 15.1. The summed E-state index contributed by atoms with van der Waals surface area (Å²) in [6, 6.07) is 67.4. The molecule has 9 aromatic rings. The molecule has 1 aromatic heterocycles. The summed E-state index contributed by atoms with van der Waals surface area (Å²) < 4.78 is 6.67. The van der Waals surface area contributed by atoms with Gasteiger partial charge in [-0.2, -0.15) is 0 Å². The number of hydrogen-bond donors (Lipinski definition) is 0. The minimum Gasteiger partial charge on any atom is -0.456 e. The summed E-state index contributed by atoms with van der Waals surface area (Å²) in [5, 5.41) is 4.79. The van der Waals surface area contributed by atoms with Crippen LogP contribution >= 0.6 is 0 Å². The van der Waals surface area contributed by atoms with E-state index in [4.69, 9.17) is 4.42 Å². The predicted molar refractivity (Wildman–Crippen MR) is 228 cm³/mol. The third-order valence-electron chi connectivity index (χ3n) is 10.8. The molecule has 1 aliphatic rings. The number of nitrogens with zero attached hydrogens (tertiary/aromatic N) is 1. The molecule has 0 N–H and O–H groups in total. The van der Waals surface area contributed by atoms with E-state index >= 15 is 0 Å². The quantitative estimate of drug-likeness (QED) is 0.165. The van der Waals surface area contributed by atoms with Gasteiger partial charge in [0.15, 0.2) is 0 Å². The van der Waals surface area contributed by atoms with E-state index in [2.05, 4.69) is 205 Å². The minimum atomic E-state index is 0.903. The Morgan fingerprint density at radius 3 is 1.59 bits per heavy atom. The first kappa shape index (κ1) is 31.8. The molecular weight excluding hydrogens is 655 g/mol. The zero-order valence-electron chi connectivity index (χ0n) is 29.8. The topological polar surface area (TPSA) is 16.4 Å². The zero-order chi connectivity index (χ0) is 35.8. The predicted octanol–water partition coefficient (Wildman–Crippen LogP) is 14.6. The van der Waals surface area contributed by atoms with E-state index in [1.165, 1.54) is 66.4 Å². The Morgan fingerprint density at radius 1 is 0.370 bits per heavy atom. The van der Waals surface area contributed by atoms with Crippen LogP contribution in [0.1, 0.15) is 18.4 Å². The molecule has 0 radical (unpaired) electrons. The highest BCUT2D eigenvalue weighted by atomic mass is 16.3. The second-order valence-corrected chi connectivity index (χ2v) is 14.0. The van der Waals surface area contributed by atoms with Gasteiger partial charge < -0.3 is 9.32 Å². The van der Waals surface area contributed by atoms with E-state index in [1.54, 1.807) is 0 Å². The van der Waals surface area contributed by atoms with Gasteiger partial charge in [0.25, 0.3) is 0 Å². The molecule has 2 nitrogen and oxygen atoms in total. The maximum atomic E-state index is 6.67. The molecule has 0 amide bonds. The van der Waals surface area contributed by atoms with Crippen LogP contribution in [0.4, 0.5) is 11.4 Å². The Hall–Kier alpha value is -6.90. The van der Waals surface area contributed by atoms with Gasteiger partial charge in [-0.25, -0.2) is 0 Å². The van der Waals surface area contributed by atoms with Crippen LogP contribution in [0.5, 0.6) is 0 Å². The normalized spacial score (nSPS) is 12.9. The monoisotopic (exact) mass is 691 g/mol. The maximum absolute atomic E-state index is 6.67. The van der Waals surface area contributed by atoms with Crippen LogP contribution in [0.3, 0.4) is 0 Å². The van der Waals surface area contributed by atoms with Gasteiger partial charge >= 0.3 is 0 Å². The van der Waals surface area contributed by atoms with Crippen molar-refractivity contribution in [2.75, 3.05) is 4.90 Å². The Labute approximate surface area is 315 Å². The Balaban J connectivity index is 1.06. The number of anilines is 2. The molecule has 8 aromatic carbocycles. The zero-order valence-corrected chi connectivity index (χ0v) is 29.8. The van der Waals surface area contributed by atoms with E-state index in [1.807, 2.05) is 0 Å². The molecule has 54 heavy (non-hydrogen) atoms. The first-order valence-corrected chi connectivity index (χ1v) is 18.7. The second-order valence-electron chi connectivity index (χ2n) is 14.0. The van der Waals surface area contributed by atoms with Crippen LogP contribution in [-0.4, -0.2) is 0 Å². The first-order chi connectivity index (χ1) is 26.8. The lowest BCUT2D eigenvalue weighted by Crippen LogP contribution is -2.18. The highest BCUT2D eigenvalue weighted by Crippen LogP contribution is 2.43. The number of benzene rings is 8. The highest BCUT2D eigenvalue weighted by Gasteiger charge is 2.21. The van der Waals surface area contributed by atoms with Gasteiger partial charge in [0.1, 0.15) is 11.2 Å². The molecule has 0 saturated carbocycles. The molecule has 0 spiro atoms. The fraction of sp³-hybridized carbons (Fsp3) is 0.0385. The van der Waals surface area contributed by atoms with Gasteiger partial charge in [-0.3, -0.25) is 0 Å². The Bertz CT molecular complexity index is 2790. The number of para-hydroxylation sites is 1. The minimum absolute atomic E-state index is 0.903. The lowest BCUT2D eigenvalue weighted by Gasteiger charge is -2.31. The summed E-state index contributed by atoms with van der Waals surface area (Å²) in [6.07, 6.45) is 6.44. The van der Waals surface area contributed by atoms with Crippen molar-refractivity contribution in [3.05, 3.63) is 211 Å². The molecule has 1 heterocycles. The maximum Gasteiger partial charge on any atom is 0.136 e. The van der Waals surface area contributed by atoms with Crippen molar-refractivity contribution in [1.82, 2.24) is 0 Å². The van der Waals surface area contributed by atoms with Crippen molar-refractivity contribution in [2.24, 2.45) is 0 Å². The molecule has 1 aliphatic carbocycles. The van der Waals surface area contributed by atoms with Crippen LogP contribution in [0.15, 0.2) is 210 Å². The van der Waals surface area contributed by atoms with Crippen LogP contribution in [0.2, 0.25) is 0 Å². The summed E-state index contributed by atoms with van der Waals surface area (Å²) >= 11 is 0. The van der Waals surface area contributed by atoms with E-state index in [-0.39, 0.29) is 0 Å². The second kappa shape index (κ2) is 13.6. The fourth-order valence-corrected chi connectivity index (χ4v) is 8.14. The number of rotatable bonds is 7. The molecule has 2 heteroatoms. The van der Waals surface area contributed by atoms with Crippen molar-refractivity contribution in [3.63, 3.8) is 0 Å². The first-order valence-electron chi connectivity index (χ1n) is 18.7. The fourth-order valence-electron chi connectivity index (χ4n) is 8.14. The molecule has 0 bridgehead atoms. The van der Waals surface area contributed by atoms with Crippen molar-refractivity contribution < 1.29 is 4.42 Å². The number of hydrogen-bond acceptors (Lipinski definition) is 2. The lowest BCUT2D eigenvalue weighted by atomic mass is 9.92. The molecule has 256 valence electrons. The van der Waals surface area contributed by atoms with Crippen molar-refractivity contribution >= 4 is 49.7 Å². The molecular formula is C52H37NO. The summed E-state index contributed by atoms with van der Waals surface area (Å²) in [7, 11) is 0. The van der Waals surface area contributed by atoms with E-state index in [9.17, 15) is 0 Å². The van der Waals surface area contributed by atoms with E-state index in [0.29, 0.717) is 0 Å². The third kappa shape index (κ3) is 5.79. The van der Waals surface area contributed by atoms with Gasteiger partial charge in [0, 0.05) is 27.8 Å². The number of allylic oxidation sites excluding steroid dienone is 4. The summed E-state index contributed by atoms with van der Waals surface area (Å²) in [6.45, 7) is 0. The largest absolute Gasteiger partial charge is 0.456 e. The van der Waals surface area contributed by atoms with Crippen LogP contribution in [0.25, 0.3) is 71.7 Å².